The van der Waals surface area contributed by atoms with Crippen LogP contribution in [0.4, 0.5) is 5.69 Å². The molecule has 0 aliphatic carbocycles. The number of hydrogen-bond donors (Lipinski definition) is 1. The molecule has 1 saturated heterocycles. The van der Waals surface area contributed by atoms with Crippen LogP contribution in [0.2, 0.25) is 0 Å². The molecule has 1 unspecified atom stereocenters. The van der Waals surface area contributed by atoms with Crippen LogP contribution in [0.5, 0.6) is 0 Å². The lowest BCUT2D eigenvalue weighted by Gasteiger charge is -2.27. The van der Waals surface area contributed by atoms with E-state index in [4.69, 9.17) is 10.4 Å². The lowest BCUT2D eigenvalue weighted by molar-refractivity contribution is 0.276. The molecule has 0 amide bonds. The third-order valence-electron chi connectivity index (χ3n) is 3.23. The minimum absolute atomic E-state index is 0.231. The van der Waals surface area contributed by atoms with Crippen LogP contribution in [0.15, 0.2) is 22.7 Å². The standard InChI is InChI=1S/C13H15BrN2O/c14-12-8-10(9-15)3-4-13(12)16-6-1-2-11(16)5-7-17/h3-4,8,11,17H,1-2,5-7H2. The number of nitriles is 1. The normalized spacial score (nSPS) is 19.4. The van der Waals surface area contributed by atoms with Crippen LogP contribution < -0.4 is 4.90 Å². The maximum atomic E-state index is 9.06. The fourth-order valence-electron chi connectivity index (χ4n) is 2.41. The minimum atomic E-state index is 0.231. The number of aliphatic hydroxyl groups excluding tert-OH is 1. The van der Waals surface area contributed by atoms with Crippen molar-refractivity contribution >= 4 is 21.6 Å². The van der Waals surface area contributed by atoms with Crippen LogP contribution in [0.25, 0.3) is 0 Å². The van der Waals surface area contributed by atoms with Crippen molar-refractivity contribution in [3.05, 3.63) is 28.2 Å². The molecular formula is C13H15BrN2O. The van der Waals surface area contributed by atoms with Crippen molar-refractivity contribution < 1.29 is 5.11 Å². The molecule has 1 heterocycles. The van der Waals surface area contributed by atoms with Crippen molar-refractivity contribution in [3.63, 3.8) is 0 Å². The Morgan fingerprint density at radius 3 is 3.00 bits per heavy atom. The zero-order valence-corrected chi connectivity index (χ0v) is 11.2. The molecule has 1 aromatic rings. The second-order valence-corrected chi connectivity index (χ2v) is 5.13. The Hall–Kier alpha value is -1.05. The van der Waals surface area contributed by atoms with Gasteiger partial charge in [0.25, 0.3) is 0 Å². The summed E-state index contributed by atoms with van der Waals surface area (Å²) in [5, 5.41) is 17.9. The smallest absolute Gasteiger partial charge is 0.0992 e. The van der Waals surface area contributed by atoms with Gasteiger partial charge >= 0.3 is 0 Å². The van der Waals surface area contributed by atoms with E-state index in [9.17, 15) is 0 Å². The highest BCUT2D eigenvalue weighted by Gasteiger charge is 2.25. The molecule has 0 aromatic heterocycles. The number of hydrogen-bond acceptors (Lipinski definition) is 3. The average Bonchev–Trinajstić information content (AvgIpc) is 2.77. The van der Waals surface area contributed by atoms with E-state index >= 15 is 0 Å². The third kappa shape index (κ3) is 2.62. The summed E-state index contributed by atoms with van der Waals surface area (Å²) in [4.78, 5) is 2.32. The van der Waals surface area contributed by atoms with Crippen LogP contribution in [-0.4, -0.2) is 24.3 Å². The summed E-state index contributed by atoms with van der Waals surface area (Å²) in [6.45, 7) is 1.25. The van der Waals surface area contributed by atoms with Gasteiger partial charge in [-0.3, -0.25) is 0 Å². The average molecular weight is 295 g/mol. The minimum Gasteiger partial charge on any atom is -0.396 e. The second-order valence-electron chi connectivity index (χ2n) is 4.28. The highest BCUT2D eigenvalue weighted by Crippen LogP contribution is 2.33. The fraction of sp³-hybridized carbons (Fsp3) is 0.462. The summed E-state index contributed by atoms with van der Waals surface area (Å²) >= 11 is 3.52. The Balaban J connectivity index is 2.24. The van der Waals surface area contributed by atoms with E-state index in [1.807, 2.05) is 18.2 Å². The molecule has 0 radical (unpaired) electrons. The molecule has 1 fully saturated rings. The molecule has 0 saturated carbocycles. The molecule has 1 atom stereocenters. The van der Waals surface area contributed by atoms with Crippen molar-refractivity contribution in [1.29, 1.82) is 5.26 Å². The number of nitrogens with zero attached hydrogens (tertiary/aromatic N) is 2. The second kappa shape index (κ2) is 5.52. The van der Waals surface area contributed by atoms with Crippen molar-refractivity contribution in [2.75, 3.05) is 18.1 Å². The van der Waals surface area contributed by atoms with E-state index < -0.39 is 0 Å². The van der Waals surface area contributed by atoms with Gasteiger partial charge in [-0.15, -0.1) is 0 Å². The van der Waals surface area contributed by atoms with Crippen molar-refractivity contribution in [1.82, 2.24) is 0 Å². The highest BCUT2D eigenvalue weighted by atomic mass is 79.9. The van der Waals surface area contributed by atoms with Gasteiger partial charge in [0, 0.05) is 23.7 Å². The zero-order valence-electron chi connectivity index (χ0n) is 9.56. The lowest BCUT2D eigenvalue weighted by Crippen LogP contribution is -2.30. The van der Waals surface area contributed by atoms with Gasteiger partial charge in [-0.2, -0.15) is 5.26 Å². The van der Waals surface area contributed by atoms with E-state index in [1.54, 1.807) is 0 Å². The largest absolute Gasteiger partial charge is 0.396 e. The number of benzene rings is 1. The zero-order chi connectivity index (χ0) is 12.3. The maximum absolute atomic E-state index is 9.06. The molecule has 17 heavy (non-hydrogen) atoms. The first-order valence-electron chi connectivity index (χ1n) is 5.83. The number of rotatable bonds is 3. The van der Waals surface area contributed by atoms with Crippen LogP contribution >= 0.6 is 15.9 Å². The third-order valence-corrected chi connectivity index (χ3v) is 3.86. The van der Waals surface area contributed by atoms with Crippen LogP contribution in [0.1, 0.15) is 24.8 Å². The maximum Gasteiger partial charge on any atom is 0.0992 e. The summed E-state index contributed by atoms with van der Waals surface area (Å²) in [5.74, 6) is 0. The first kappa shape index (κ1) is 12.4. The van der Waals surface area contributed by atoms with Gasteiger partial charge in [-0.1, -0.05) is 0 Å². The molecule has 4 heteroatoms. The van der Waals surface area contributed by atoms with Gasteiger partial charge in [0.15, 0.2) is 0 Å². The Labute approximate surface area is 110 Å². The molecule has 0 bridgehead atoms. The van der Waals surface area contributed by atoms with E-state index in [0.717, 1.165) is 36.0 Å². The summed E-state index contributed by atoms with van der Waals surface area (Å²) in [7, 11) is 0. The Bertz CT molecular complexity index is 442. The molecular weight excluding hydrogens is 280 g/mol. The molecule has 1 aliphatic rings. The van der Waals surface area contributed by atoms with Gasteiger partial charge < -0.3 is 10.0 Å². The van der Waals surface area contributed by atoms with Crippen molar-refractivity contribution in [2.24, 2.45) is 0 Å². The summed E-state index contributed by atoms with van der Waals surface area (Å²) in [5.41, 5.74) is 1.79. The van der Waals surface area contributed by atoms with Gasteiger partial charge in [-0.25, -0.2) is 0 Å². The van der Waals surface area contributed by atoms with Crippen LogP contribution in [0.3, 0.4) is 0 Å². The van der Waals surface area contributed by atoms with E-state index in [2.05, 4.69) is 26.9 Å². The predicted molar refractivity (Wildman–Crippen MR) is 70.9 cm³/mol. The summed E-state index contributed by atoms with van der Waals surface area (Å²) in [6.07, 6.45) is 3.11. The molecule has 1 aliphatic heterocycles. The fourth-order valence-corrected chi connectivity index (χ4v) is 3.02. The SMILES string of the molecule is N#Cc1ccc(N2CCCC2CCO)c(Br)c1. The molecule has 3 nitrogen and oxygen atoms in total. The number of aliphatic hydroxyl groups is 1. The number of anilines is 1. The van der Waals surface area contributed by atoms with Crippen LogP contribution in [-0.2, 0) is 0 Å². The summed E-state index contributed by atoms with van der Waals surface area (Å²) < 4.78 is 0.960. The Morgan fingerprint density at radius 1 is 1.53 bits per heavy atom. The van der Waals surface area contributed by atoms with Gasteiger partial charge in [-0.05, 0) is 53.4 Å². The quantitative estimate of drug-likeness (QED) is 0.932. The molecule has 2 rings (SSSR count). The van der Waals surface area contributed by atoms with E-state index in [1.165, 1.54) is 0 Å². The Kier molecular flexibility index (Phi) is 4.03. The topological polar surface area (TPSA) is 47.3 Å². The van der Waals surface area contributed by atoms with Gasteiger partial charge in [0.2, 0.25) is 0 Å². The molecule has 1 aromatic carbocycles. The van der Waals surface area contributed by atoms with Crippen molar-refractivity contribution in [3.8, 4) is 6.07 Å². The van der Waals surface area contributed by atoms with Gasteiger partial charge in [0.05, 0.1) is 17.3 Å². The van der Waals surface area contributed by atoms with Crippen LogP contribution in [0, 0.1) is 11.3 Å². The number of halogens is 1. The molecule has 1 N–H and O–H groups in total. The van der Waals surface area contributed by atoms with E-state index in [0.29, 0.717) is 11.6 Å². The van der Waals surface area contributed by atoms with Gasteiger partial charge in [0.1, 0.15) is 0 Å². The van der Waals surface area contributed by atoms with E-state index in [-0.39, 0.29) is 6.61 Å². The first-order chi connectivity index (χ1) is 8.26. The highest BCUT2D eigenvalue weighted by molar-refractivity contribution is 9.10. The Morgan fingerprint density at radius 2 is 2.35 bits per heavy atom. The molecule has 90 valence electrons. The predicted octanol–water partition coefficient (Wildman–Crippen LogP) is 2.67. The summed E-state index contributed by atoms with van der Waals surface area (Å²) in [6, 6.07) is 8.23. The lowest BCUT2D eigenvalue weighted by atomic mass is 10.1. The molecule has 0 spiro atoms. The monoisotopic (exact) mass is 294 g/mol. The van der Waals surface area contributed by atoms with Crippen molar-refractivity contribution in [2.45, 2.75) is 25.3 Å². The first-order valence-corrected chi connectivity index (χ1v) is 6.62.